The van der Waals surface area contributed by atoms with Crippen molar-refractivity contribution >= 4 is 45.4 Å². The molecule has 1 aromatic carbocycles. The zero-order valence-electron chi connectivity index (χ0n) is 13.1. The van der Waals surface area contributed by atoms with Gasteiger partial charge in [0.05, 0.1) is 5.75 Å². The van der Waals surface area contributed by atoms with Crippen molar-refractivity contribution < 1.29 is 8.42 Å². The Morgan fingerprint density at radius 3 is 2.29 bits per heavy atom. The summed E-state index contributed by atoms with van der Waals surface area (Å²) in [6, 6.07) is 11.2. The lowest BCUT2D eigenvalue weighted by Crippen LogP contribution is -2.48. The number of hydrogen-bond acceptors (Lipinski definition) is 4. The second-order valence-electron chi connectivity index (χ2n) is 5.64. The Kier molecular flexibility index (Phi) is 7.10. The molecule has 0 amide bonds. The molecule has 0 N–H and O–H groups in total. The van der Waals surface area contributed by atoms with E-state index in [1.54, 1.807) is 39.9 Å². The average molecular weight is 407 g/mol. The molecular formula is C16H20Cl2N2O2S2. The van der Waals surface area contributed by atoms with E-state index >= 15 is 0 Å². The molecule has 3 rings (SSSR count). The Hall–Kier alpha value is -0.630. The van der Waals surface area contributed by atoms with Crippen LogP contribution in [0.3, 0.4) is 0 Å². The molecule has 0 radical (unpaired) electrons. The van der Waals surface area contributed by atoms with Crippen LogP contribution in [0.1, 0.15) is 10.4 Å². The maximum absolute atomic E-state index is 12.5. The van der Waals surface area contributed by atoms with E-state index in [0.29, 0.717) is 18.1 Å². The van der Waals surface area contributed by atoms with Gasteiger partial charge in [-0.2, -0.15) is 4.31 Å². The molecule has 24 heavy (non-hydrogen) atoms. The summed E-state index contributed by atoms with van der Waals surface area (Å²) in [7, 11) is -3.27. The van der Waals surface area contributed by atoms with Gasteiger partial charge < -0.3 is 0 Å². The van der Waals surface area contributed by atoms with Crippen LogP contribution >= 0.6 is 35.3 Å². The number of nitrogens with zero attached hydrogens (tertiary/aromatic N) is 2. The second-order valence-corrected chi connectivity index (χ2v) is 9.07. The van der Waals surface area contributed by atoms with Crippen LogP contribution in [-0.2, 0) is 22.3 Å². The summed E-state index contributed by atoms with van der Waals surface area (Å²) < 4.78 is 26.7. The van der Waals surface area contributed by atoms with E-state index in [2.05, 4.69) is 16.3 Å². The van der Waals surface area contributed by atoms with E-state index in [1.165, 1.54) is 4.88 Å². The van der Waals surface area contributed by atoms with Gasteiger partial charge in [-0.15, -0.1) is 23.7 Å². The molecule has 4 nitrogen and oxygen atoms in total. The van der Waals surface area contributed by atoms with Crippen LogP contribution < -0.4 is 0 Å². The molecule has 0 unspecified atom stereocenters. The minimum atomic E-state index is -3.27. The highest BCUT2D eigenvalue weighted by Gasteiger charge is 2.27. The van der Waals surface area contributed by atoms with Gasteiger partial charge in [0.15, 0.2) is 0 Å². The molecule has 0 saturated carbocycles. The van der Waals surface area contributed by atoms with E-state index in [9.17, 15) is 8.42 Å². The molecule has 1 fully saturated rings. The predicted molar refractivity (Wildman–Crippen MR) is 102 cm³/mol. The van der Waals surface area contributed by atoms with E-state index < -0.39 is 10.0 Å². The molecule has 0 aliphatic carbocycles. The minimum absolute atomic E-state index is 0. The highest BCUT2D eigenvalue weighted by atomic mass is 35.5. The summed E-state index contributed by atoms with van der Waals surface area (Å²) in [5.74, 6) is 0.0368. The van der Waals surface area contributed by atoms with Gasteiger partial charge in [-0.25, -0.2) is 8.42 Å². The van der Waals surface area contributed by atoms with Crippen LogP contribution in [0.2, 0.25) is 5.02 Å². The Labute approximate surface area is 158 Å². The zero-order chi connectivity index (χ0) is 16.3. The van der Waals surface area contributed by atoms with E-state index in [1.807, 2.05) is 6.07 Å². The number of thiophene rings is 1. The summed E-state index contributed by atoms with van der Waals surface area (Å²) in [4.78, 5) is 3.63. The van der Waals surface area contributed by atoms with Crippen molar-refractivity contribution in [2.75, 3.05) is 26.2 Å². The highest BCUT2D eigenvalue weighted by molar-refractivity contribution is 7.88. The molecule has 1 saturated heterocycles. The number of hydrogen-bond donors (Lipinski definition) is 0. The van der Waals surface area contributed by atoms with Crippen LogP contribution in [0.15, 0.2) is 41.8 Å². The summed E-state index contributed by atoms with van der Waals surface area (Å²) >= 11 is 7.58. The fourth-order valence-electron chi connectivity index (χ4n) is 2.67. The van der Waals surface area contributed by atoms with Crippen LogP contribution in [0.5, 0.6) is 0 Å². The van der Waals surface area contributed by atoms with Crippen molar-refractivity contribution in [1.82, 2.24) is 9.21 Å². The molecule has 8 heteroatoms. The number of sulfonamides is 1. The molecular weight excluding hydrogens is 387 g/mol. The van der Waals surface area contributed by atoms with Crippen LogP contribution in [0, 0.1) is 0 Å². The smallest absolute Gasteiger partial charge is 0.218 e. The quantitative estimate of drug-likeness (QED) is 0.762. The second kappa shape index (κ2) is 8.65. The fourth-order valence-corrected chi connectivity index (χ4v) is 5.06. The van der Waals surface area contributed by atoms with Gasteiger partial charge >= 0.3 is 0 Å². The van der Waals surface area contributed by atoms with Gasteiger partial charge in [-0.1, -0.05) is 29.8 Å². The van der Waals surface area contributed by atoms with Crippen LogP contribution in [0.4, 0.5) is 0 Å². The normalized spacial score (nSPS) is 16.7. The first-order chi connectivity index (χ1) is 11.0. The van der Waals surface area contributed by atoms with E-state index in [0.717, 1.165) is 25.2 Å². The van der Waals surface area contributed by atoms with Crippen molar-refractivity contribution in [3.63, 3.8) is 0 Å². The maximum atomic E-state index is 12.5. The lowest BCUT2D eigenvalue weighted by molar-refractivity contribution is 0.183. The Morgan fingerprint density at radius 2 is 1.71 bits per heavy atom. The summed E-state index contributed by atoms with van der Waals surface area (Å²) in [6.45, 7) is 3.57. The number of halogens is 2. The number of piperazine rings is 1. The third kappa shape index (κ3) is 5.18. The molecule has 1 aliphatic heterocycles. The summed E-state index contributed by atoms with van der Waals surface area (Å²) in [5, 5.41) is 2.69. The van der Waals surface area contributed by atoms with Crippen molar-refractivity contribution in [3.8, 4) is 0 Å². The first-order valence-corrected chi connectivity index (χ1v) is 10.4. The maximum Gasteiger partial charge on any atom is 0.218 e. The van der Waals surface area contributed by atoms with Gasteiger partial charge in [-0.3, -0.25) is 4.90 Å². The van der Waals surface area contributed by atoms with Crippen LogP contribution in [0.25, 0.3) is 0 Å². The molecule has 0 bridgehead atoms. The highest BCUT2D eigenvalue weighted by Crippen LogP contribution is 2.18. The molecule has 2 heterocycles. The van der Waals surface area contributed by atoms with Crippen molar-refractivity contribution in [1.29, 1.82) is 0 Å². The molecule has 1 aliphatic rings. The van der Waals surface area contributed by atoms with Crippen molar-refractivity contribution in [2.24, 2.45) is 0 Å². The lowest BCUT2D eigenvalue weighted by atomic mass is 10.2. The molecule has 132 valence electrons. The van der Waals surface area contributed by atoms with Gasteiger partial charge in [-0.05, 0) is 29.1 Å². The van der Waals surface area contributed by atoms with E-state index in [-0.39, 0.29) is 18.2 Å². The van der Waals surface area contributed by atoms with Crippen molar-refractivity contribution in [2.45, 2.75) is 12.3 Å². The largest absolute Gasteiger partial charge is 0.296 e. The average Bonchev–Trinajstić information content (AvgIpc) is 3.03. The standard InChI is InChI=1S/C16H19ClN2O2S2.ClH/c17-15-5-3-14(4-6-15)13-23(20,21)19-9-7-18(8-10-19)12-16-2-1-11-22-16;/h1-6,11H,7-10,12-13H2;1H. The van der Waals surface area contributed by atoms with Gasteiger partial charge in [0.1, 0.15) is 0 Å². The van der Waals surface area contributed by atoms with Gasteiger partial charge in [0.25, 0.3) is 0 Å². The Bertz CT molecular complexity index is 726. The Balaban J connectivity index is 0.00000208. The molecule has 0 atom stereocenters. The molecule has 2 aromatic rings. The Morgan fingerprint density at radius 1 is 1.04 bits per heavy atom. The molecule has 1 aromatic heterocycles. The third-order valence-electron chi connectivity index (χ3n) is 3.95. The fraction of sp³-hybridized carbons (Fsp3) is 0.375. The van der Waals surface area contributed by atoms with Crippen molar-refractivity contribution in [3.05, 3.63) is 57.2 Å². The first kappa shape index (κ1) is 19.7. The number of rotatable bonds is 5. The number of benzene rings is 1. The summed E-state index contributed by atoms with van der Waals surface area (Å²) in [6.07, 6.45) is 0. The SMILES string of the molecule is Cl.O=S(=O)(Cc1ccc(Cl)cc1)N1CCN(Cc2cccs2)CC1. The van der Waals surface area contributed by atoms with Gasteiger partial charge in [0, 0.05) is 42.6 Å². The van der Waals surface area contributed by atoms with E-state index in [4.69, 9.17) is 11.6 Å². The summed E-state index contributed by atoms with van der Waals surface area (Å²) in [5.41, 5.74) is 0.774. The zero-order valence-corrected chi connectivity index (χ0v) is 16.3. The third-order valence-corrected chi connectivity index (χ3v) is 6.91. The monoisotopic (exact) mass is 406 g/mol. The topological polar surface area (TPSA) is 40.6 Å². The predicted octanol–water partition coefficient (Wildman–Crippen LogP) is 3.47. The van der Waals surface area contributed by atoms with Gasteiger partial charge in [0.2, 0.25) is 10.0 Å². The lowest BCUT2D eigenvalue weighted by Gasteiger charge is -2.33. The molecule has 0 spiro atoms. The first-order valence-electron chi connectivity index (χ1n) is 7.50. The minimum Gasteiger partial charge on any atom is -0.296 e. The van der Waals surface area contributed by atoms with Crippen LogP contribution in [-0.4, -0.2) is 43.8 Å².